The van der Waals surface area contributed by atoms with E-state index in [9.17, 15) is 9.59 Å². The molecule has 1 aliphatic rings. The molecule has 0 saturated carbocycles. The molecule has 0 bridgehead atoms. The molecule has 4 heteroatoms. The van der Waals surface area contributed by atoms with Crippen LogP contribution in [0, 0.1) is 13.8 Å². The molecule has 1 aliphatic heterocycles. The first-order chi connectivity index (χ1) is 9.91. The number of esters is 1. The second-order valence-corrected chi connectivity index (χ2v) is 5.74. The van der Waals surface area contributed by atoms with Gasteiger partial charge >= 0.3 is 5.97 Å². The van der Waals surface area contributed by atoms with E-state index in [1.165, 1.54) is 12.5 Å². The maximum Gasteiger partial charge on any atom is 0.329 e. The van der Waals surface area contributed by atoms with Gasteiger partial charge in [-0.15, -0.1) is 0 Å². The monoisotopic (exact) mass is 289 g/mol. The topological polar surface area (TPSA) is 46.6 Å². The Balaban J connectivity index is 2.09. The van der Waals surface area contributed by atoms with Gasteiger partial charge in [0.25, 0.3) is 0 Å². The van der Waals surface area contributed by atoms with Gasteiger partial charge in [-0.3, -0.25) is 4.79 Å². The summed E-state index contributed by atoms with van der Waals surface area (Å²) in [6.07, 6.45) is 1.25. The Kier molecular flexibility index (Phi) is 4.66. The number of carbonyl (C=O) groups excluding carboxylic acids is 2. The van der Waals surface area contributed by atoms with Crippen molar-refractivity contribution in [3.8, 4) is 0 Å². The lowest BCUT2D eigenvalue weighted by atomic mass is 10.00. The normalized spacial score (nSPS) is 19.4. The van der Waals surface area contributed by atoms with Gasteiger partial charge in [-0.25, -0.2) is 4.79 Å². The molecular formula is C17H23NO3. The smallest absolute Gasteiger partial charge is 0.329 e. The number of hydrogen-bond donors (Lipinski definition) is 0. The molecule has 2 atom stereocenters. The average Bonchev–Trinajstić information content (AvgIpc) is 2.91. The summed E-state index contributed by atoms with van der Waals surface area (Å²) in [4.78, 5) is 25.5. The van der Waals surface area contributed by atoms with Gasteiger partial charge in [0.15, 0.2) is 0 Å². The zero-order chi connectivity index (χ0) is 15.6. The minimum atomic E-state index is -0.421. The summed E-state index contributed by atoms with van der Waals surface area (Å²) in [5.41, 5.74) is 3.35. The summed E-state index contributed by atoms with van der Waals surface area (Å²) >= 11 is 0. The van der Waals surface area contributed by atoms with E-state index in [-0.39, 0.29) is 18.0 Å². The second kappa shape index (κ2) is 6.29. The van der Waals surface area contributed by atoms with Crippen LogP contribution in [0.3, 0.4) is 0 Å². The SMILES string of the molecule is CC(=O)N1CCC[C@H]1C(=O)O[C@@H](C)c1cccc(C)c1C. The van der Waals surface area contributed by atoms with Crippen molar-refractivity contribution in [1.29, 1.82) is 0 Å². The Morgan fingerprint density at radius 1 is 1.33 bits per heavy atom. The molecule has 0 unspecified atom stereocenters. The Morgan fingerprint density at radius 2 is 2.05 bits per heavy atom. The predicted octanol–water partition coefficient (Wildman–Crippen LogP) is 2.92. The van der Waals surface area contributed by atoms with Crippen molar-refractivity contribution >= 4 is 11.9 Å². The molecule has 0 aromatic heterocycles. The first-order valence-corrected chi connectivity index (χ1v) is 7.45. The lowest BCUT2D eigenvalue weighted by Crippen LogP contribution is -2.40. The molecule has 1 aromatic rings. The van der Waals surface area contributed by atoms with Gasteiger partial charge in [0.1, 0.15) is 12.1 Å². The molecule has 21 heavy (non-hydrogen) atoms. The number of carbonyl (C=O) groups is 2. The van der Waals surface area contributed by atoms with Crippen LogP contribution in [-0.2, 0) is 14.3 Å². The van der Waals surface area contributed by atoms with Crippen molar-refractivity contribution in [2.45, 2.75) is 52.7 Å². The van der Waals surface area contributed by atoms with E-state index in [0.29, 0.717) is 13.0 Å². The Bertz CT molecular complexity index is 553. The fourth-order valence-electron chi connectivity index (χ4n) is 2.92. The molecule has 1 fully saturated rings. The molecule has 1 heterocycles. The molecule has 0 N–H and O–H groups in total. The largest absolute Gasteiger partial charge is 0.456 e. The van der Waals surface area contributed by atoms with E-state index in [1.54, 1.807) is 4.90 Å². The van der Waals surface area contributed by atoms with Crippen molar-refractivity contribution in [1.82, 2.24) is 4.90 Å². The van der Waals surface area contributed by atoms with E-state index >= 15 is 0 Å². The van der Waals surface area contributed by atoms with Gasteiger partial charge in [0.2, 0.25) is 5.91 Å². The summed E-state index contributed by atoms with van der Waals surface area (Å²) in [6, 6.07) is 5.58. The van der Waals surface area contributed by atoms with Gasteiger partial charge in [-0.2, -0.15) is 0 Å². The summed E-state index contributed by atoms with van der Waals surface area (Å²) in [5, 5.41) is 0. The summed E-state index contributed by atoms with van der Waals surface area (Å²) in [5.74, 6) is -0.357. The number of likely N-dealkylation sites (tertiary alicyclic amines) is 1. The van der Waals surface area contributed by atoms with E-state index in [0.717, 1.165) is 17.5 Å². The highest BCUT2D eigenvalue weighted by molar-refractivity contribution is 5.84. The van der Waals surface area contributed by atoms with Crippen LogP contribution in [0.5, 0.6) is 0 Å². The van der Waals surface area contributed by atoms with Crippen LogP contribution in [0.25, 0.3) is 0 Å². The highest BCUT2D eigenvalue weighted by Gasteiger charge is 2.34. The number of rotatable bonds is 3. The Morgan fingerprint density at radius 3 is 2.71 bits per heavy atom. The standard InChI is InChI=1S/C17H23NO3/c1-11-7-5-8-15(12(11)2)13(3)21-17(20)16-9-6-10-18(16)14(4)19/h5,7-8,13,16H,6,9-10H2,1-4H3/t13-,16-/m0/s1. The number of nitrogens with zero attached hydrogens (tertiary/aromatic N) is 1. The van der Waals surface area contributed by atoms with E-state index < -0.39 is 6.04 Å². The van der Waals surface area contributed by atoms with Crippen molar-refractivity contribution < 1.29 is 14.3 Å². The quantitative estimate of drug-likeness (QED) is 0.804. The molecule has 2 rings (SSSR count). The third kappa shape index (κ3) is 3.26. The molecule has 0 spiro atoms. The van der Waals surface area contributed by atoms with E-state index in [4.69, 9.17) is 4.74 Å². The van der Waals surface area contributed by atoms with Crippen molar-refractivity contribution in [2.24, 2.45) is 0 Å². The minimum absolute atomic E-state index is 0.0613. The van der Waals surface area contributed by atoms with Gasteiger partial charge < -0.3 is 9.64 Å². The molecule has 0 radical (unpaired) electrons. The molecule has 0 aliphatic carbocycles. The third-order valence-corrected chi connectivity index (χ3v) is 4.31. The van der Waals surface area contributed by atoms with E-state index in [2.05, 4.69) is 0 Å². The summed E-state index contributed by atoms with van der Waals surface area (Å²) in [7, 11) is 0. The first-order valence-electron chi connectivity index (χ1n) is 7.45. The molecular weight excluding hydrogens is 266 g/mol. The maximum absolute atomic E-state index is 12.3. The van der Waals surface area contributed by atoms with E-state index in [1.807, 2.05) is 39.0 Å². The van der Waals surface area contributed by atoms with Crippen LogP contribution in [0.2, 0.25) is 0 Å². The summed E-state index contributed by atoms with van der Waals surface area (Å²) < 4.78 is 5.60. The fraction of sp³-hybridized carbons (Fsp3) is 0.529. The van der Waals surface area contributed by atoms with Crippen LogP contribution in [0.15, 0.2) is 18.2 Å². The highest BCUT2D eigenvalue weighted by Crippen LogP contribution is 2.26. The number of amides is 1. The van der Waals surface area contributed by atoms with Crippen molar-refractivity contribution in [3.05, 3.63) is 34.9 Å². The Hall–Kier alpha value is -1.84. The molecule has 1 saturated heterocycles. The zero-order valence-electron chi connectivity index (χ0n) is 13.2. The summed E-state index contributed by atoms with van der Waals surface area (Å²) in [6.45, 7) is 8.10. The molecule has 1 aromatic carbocycles. The van der Waals surface area contributed by atoms with Crippen LogP contribution in [-0.4, -0.2) is 29.4 Å². The maximum atomic E-state index is 12.3. The highest BCUT2D eigenvalue weighted by atomic mass is 16.5. The molecule has 114 valence electrons. The van der Waals surface area contributed by atoms with Crippen LogP contribution >= 0.6 is 0 Å². The average molecular weight is 289 g/mol. The molecule has 1 amide bonds. The number of hydrogen-bond acceptors (Lipinski definition) is 3. The van der Waals surface area contributed by atoms with Gasteiger partial charge in [0.05, 0.1) is 0 Å². The zero-order valence-corrected chi connectivity index (χ0v) is 13.2. The van der Waals surface area contributed by atoms with Crippen molar-refractivity contribution in [2.75, 3.05) is 6.54 Å². The van der Waals surface area contributed by atoms with Gasteiger partial charge in [-0.05, 0) is 50.3 Å². The Labute approximate surface area is 126 Å². The fourth-order valence-corrected chi connectivity index (χ4v) is 2.92. The lowest BCUT2D eigenvalue weighted by molar-refractivity contribution is -0.157. The van der Waals surface area contributed by atoms with Crippen molar-refractivity contribution in [3.63, 3.8) is 0 Å². The van der Waals surface area contributed by atoms with Crippen LogP contribution < -0.4 is 0 Å². The lowest BCUT2D eigenvalue weighted by Gasteiger charge is -2.24. The number of aryl methyl sites for hydroxylation is 1. The van der Waals surface area contributed by atoms with Gasteiger partial charge in [-0.1, -0.05) is 18.2 Å². The third-order valence-electron chi connectivity index (χ3n) is 4.31. The van der Waals surface area contributed by atoms with Gasteiger partial charge in [0, 0.05) is 13.5 Å². The van der Waals surface area contributed by atoms with Crippen LogP contribution in [0.4, 0.5) is 0 Å². The number of benzene rings is 1. The molecule has 4 nitrogen and oxygen atoms in total. The predicted molar refractivity (Wildman–Crippen MR) is 80.8 cm³/mol. The second-order valence-electron chi connectivity index (χ2n) is 5.74. The van der Waals surface area contributed by atoms with Crippen LogP contribution in [0.1, 0.15) is 49.5 Å². The minimum Gasteiger partial charge on any atom is -0.456 e. The first kappa shape index (κ1) is 15.5. The number of ether oxygens (including phenoxy) is 1.